The fraction of sp³-hybridized carbons (Fsp3) is 1.00. The number of likely N-dealkylation sites (tertiary alicyclic amines) is 1. The number of nitrogens with zero attached hydrogens (tertiary/aromatic N) is 1. The Morgan fingerprint density at radius 1 is 1.10 bits per heavy atom. The third kappa shape index (κ3) is 4.73. The summed E-state index contributed by atoms with van der Waals surface area (Å²) in [4.78, 5) is 2.78. The van der Waals surface area contributed by atoms with Crippen LogP contribution in [0, 0.1) is 11.3 Å². The van der Waals surface area contributed by atoms with Crippen molar-refractivity contribution in [2.24, 2.45) is 11.3 Å². The van der Waals surface area contributed by atoms with Crippen LogP contribution in [0.2, 0.25) is 0 Å². The Labute approximate surface area is 126 Å². The van der Waals surface area contributed by atoms with Gasteiger partial charge in [0.2, 0.25) is 0 Å². The van der Waals surface area contributed by atoms with Crippen molar-refractivity contribution >= 4 is 0 Å². The van der Waals surface area contributed by atoms with Crippen molar-refractivity contribution in [2.75, 3.05) is 19.6 Å². The van der Waals surface area contributed by atoms with Gasteiger partial charge < -0.3 is 10.2 Å². The molecule has 2 rings (SSSR count). The standard InChI is InChI=1S/C18H36N2/c1-15(2)12-18(9-5-6-10-18)14-20-11-7-8-17(13-20)19-16(3)4/h15-17,19H,5-14H2,1-4H3. The fourth-order valence-electron chi connectivity index (χ4n) is 4.70. The largest absolute Gasteiger partial charge is 0.311 e. The van der Waals surface area contributed by atoms with Crippen molar-refractivity contribution < 1.29 is 0 Å². The summed E-state index contributed by atoms with van der Waals surface area (Å²) in [6, 6.07) is 1.34. The van der Waals surface area contributed by atoms with Gasteiger partial charge in [-0.1, -0.05) is 40.5 Å². The highest BCUT2D eigenvalue weighted by molar-refractivity contribution is 4.90. The number of hydrogen-bond donors (Lipinski definition) is 1. The van der Waals surface area contributed by atoms with Crippen molar-refractivity contribution in [3.05, 3.63) is 0 Å². The van der Waals surface area contributed by atoms with Gasteiger partial charge in [0.1, 0.15) is 0 Å². The van der Waals surface area contributed by atoms with E-state index in [1.165, 1.54) is 64.6 Å². The van der Waals surface area contributed by atoms with Gasteiger partial charge in [0.05, 0.1) is 0 Å². The quantitative estimate of drug-likeness (QED) is 0.789. The second-order valence-electron chi connectivity index (χ2n) is 8.20. The minimum absolute atomic E-state index is 0.621. The second kappa shape index (κ2) is 7.26. The molecule has 0 aromatic heterocycles. The molecule has 0 aromatic rings. The van der Waals surface area contributed by atoms with Gasteiger partial charge >= 0.3 is 0 Å². The first-order valence-corrected chi connectivity index (χ1v) is 8.97. The van der Waals surface area contributed by atoms with Gasteiger partial charge in [0.15, 0.2) is 0 Å². The van der Waals surface area contributed by atoms with Crippen LogP contribution in [-0.4, -0.2) is 36.6 Å². The topological polar surface area (TPSA) is 15.3 Å². The lowest BCUT2D eigenvalue weighted by Gasteiger charge is -2.41. The molecule has 1 aliphatic heterocycles. The molecule has 1 heterocycles. The third-order valence-electron chi connectivity index (χ3n) is 5.14. The Morgan fingerprint density at radius 2 is 1.80 bits per heavy atom. The number of nitrogens with one attached hydrogen (secondary N) is 1. The van der Waals surface area contributed by atoms with Gasteiger partial charge in [-0.05, 0) is 50.0 Å². The SMILES string of the molecule is CC(C)CC1(CN2CCCC(NC(C)C)C2)CCCC1. The van der Waals surface area contributed by atoms with Gasteiger partial charge in [-0.15, -0.1) is 0 Å². The van der Waals surface area contributed by atoms with E-state index in [9.17, 15) is 0 Å². The lowest BCUT2D eigenvalue weighted by atomic mass is 9.77. The third-order valence-corrected chi connectivity index (χ3v) is 5.14. The minimum atomic E-state index is 0.621. The van der Waals surface area contributed by atoms with Crippen LogP contribution in [0.3, 0.4) is 0 Å². The molecule has 118 valence electrons. The normalized spacial score (nSPS) is 27.6. The molecular weight excluding hydrogens is 244 g/mol. The molecule has 0 aromatic carbocycles. The Morgan fingerprint density at radius 3 is 2.40 bits per heavy atom. The molecule has 1 atom stereocenters. The zero-order valence-electron chi connectivity index (χ0n) is 14.3. The smallest absolute Gasteiger partial charge is 0.0197 e. The zero-order valence-corrected chi connectivity index (χ0v) is 14.3. The Bertz CT molecular complexity index is 279. The van der Waals surface area contributed by atoms with E-state index in [4.69, 9.17) is 0 Å². The van der Waals surface area contributed by atoms with Crippen LogP contribution in [-0.2, 0) is 0 Å². The van der Waals surface area contributed by atoms with Gasteiger partial charge in [-0.25, -0.2) is 0 Å². The summed E-state index contributed by atoms with van der Waals surface area (Å²) in [5.41, 5.74) is 0.647. The van der Waals surface area contributed by atoms with E-state index in [-0.39, 0.29) is 0 Å². The Balaban J connectivity index is 1.89. The van der Waals surface area contributed by atoms with Crippen LogP contribution >= 0.6 is 0 Å². The van der Waals surface area contributed by atoms with Crippen LogP contribution in [0.25, 0.3) is 0 Å². The molecule has 0 bridgehead atoms. The molecule has 2 nitrogen and oxygen atoms in total. The Kier molecular flexibility index (Phi) is 5.92. The van der Waals surface area contributed by atoms with Crippen molar-refractivity contribution in [3.63, 3.8) is 0 Å². The van der Waals surface area contributed by atoms with Gasteiger partial charge in [-0.3, -0.25) is 0 Å². The molecule has 2 fully saturated rings. The molecule has 0 amide bonds. The first-order valence-electron chi connectivity index (χ1n) is 8.97. The molecule has 1 N–H and O–H groups in total. The molecule has 0 radical (unpaired) electrons. The number of piperidine rings is 1. The van der Waals surface area contributed by atoms with Crippen molar-refractivity contribution in [3.8, 4) is 0 Å². The average Bonchev–Trinajstić information content (AvgIpc) is 2.75. The van der Waals surface area contributed by atoms with E-state index < -0.39 is 0 Å². The van der Waals surface area contributed by atoms with Gasteiger partial charge in [0, 0.05) is 25.2 Å². The monoisotopic (exact) mass is 280 g/mol. The summed E-state index contributed by atoms with van der Waals surface area (Å²) < 4.78 is 0. The molecule has 20 heavy (non-hydrogen) atoms. The molecule has 1 aliphatic carbocycles. The fourth-order valence-corrected chi connectivity index (χ4v) is 4.70. The summed E-state index contributed by atoms with van der Waals surface area (Å²) in [6.45, 7) is 13.3. The highest BCUT2D eigenvalue weighted by Gasteiger charge is 2.36. The van der Waals surface area contributed by atoms with Gasteiger partial charge in [0.25, 0.3) is 0 Å². The molecular formula is C18H36N2. The molecule has 1 saturated heterocycles. The maximum atomic E-state index is 3.75. The van der Waals surface area contributed by atoms with Crippen LogP contribution in [0.5, 0.6) is 0 Å². The Hall–Kier alpha value is -0.0800. The number of hydrogen-bond acceptors (Lipinski definition) is 2. The minimum Gasteiger partial charge on any atom is -0.311 e. The summed E-state index contributed by atoms with van der Waals surface area (Å²) in [7, 11) is 0. The molecule has 2 aliphatic rings. The number of rotatable bonds is 6. The predicted molar refractivity (Wildman–Crippen MR) is 88.1 cm³/mol. The van der Waals surface area contributed by atoms with Gasteiger partial charge in [-0.2, -0.15) is 0 Å². The summed E-state index contributed by atoms with van der Waals surface area (Å²) in [5.74, 6) is 0.850. The van der Waals surface area contributed by atoms with Crippen LogP contribution in [0.15, 0.2) is 0 Å². The summed E-state index contributed by atoms with van der Waals surface area (Å²) in [5, 5.41) is 3.75. The van der Waals surface area contributed by atoms with Crippen molar-refractivity contribution in [2.45, 2.75) is 84.7 Å². The van der Waals surface area contributed by atoms with E-state index in [0.717, 1.165) is 12.0 Å². The molecule has 2 heteroatoms. The average molecular weight is 281 g/mol. The summed E-state index contributed by atoms with van der Waals surface area (Å²) >= 11 is 0. The first kappa shape index (κ1) is 16.3. The van der Waals surface area contributed by atoms with Crippen LogP contribution in [0.4, 0.5) is 0 Å². The second-order valence-corrected chi connectivity index (χ2v) is 8.20. The van der Waals surface area contributed by atoms with E-state index in [1.807, 2.05) is 0 Å². The van der Waals surface area contributed by atoms with Crippen LogP contribution < -0.4 is 5.32 Å². The van der Waals surface area contributed by atoms with Crippen molar-refractivity contribution in [1.82, 2.24) is 10.2 Å². The molecule has 1 saturated carbocycles. The van der Waals surface area contributed by atoms with E-state index >= 15 is 0 Å². The molecule has 1 unspecified atom stereocenters. The lowest BCUT2D eigenvalue weighted by molar-refractivity contribution is 0.0968. The maximum Gasteiger partial charge on any atom is 0.0197 e. The highest BCUT2D eigenvalue weighted by atomic mass is 15.2. The first-order chi connectivity index (χ1) is 9.49. The van der Waals surface area contributed by atoms with E-state index in [0.29, 0.717) is 11.5 Å². The van der Waals surface area contributed by atoms with E-state index in [1.54, 1.807) is 0 Å². The van der Waals surface area contributed by atoms with Crippen LogP contribution in [0.1, 0.15) is 72.6 Å². The molecule has 0 spiro atoms. The lowest BCUT2D eigenvalue weighted by Crippen LogP contribution is -2.50. The predicted octanol–water partition coefficient (Wildman–Crippen LogP) is 4.06. The zero-order chi connectivity index (χ0) is 14.6. The summed E-state index contributed by atoms with van der Waals surface area (Å²) in [6.07, 6.45) is 10.1. The maximum absolute atomic E-state index is 3.75. The van der Waals surface area contributed by atoms with Crippen molar-refractivity contribution in [1.29, 1.82) is 0 Å². The highest BCUT2D eigenvalue weighted by Crippen LogP contribution is 2.44. The van der Waals surface area contributed by atoms with E-state index in [2.05, 4.69) is 37.9 Å².